The summed E-state index contributed by atoms with van der Waals surface area (Å²) in [5, 5.41) is 9.75. The molecule has 2 N–H and O–H groups in total. The largest absolute Gasteiger partial charge is 0.304 e. The maximum absolute atomic E-state index is 11.8. The summed E-state index contributed by atoms with van der Waals surface area (Å²) in [7, 11) is 0. The van der Waals surface area contributed by atoms with E-state index >= 15 is 0 Å². The van der Waals surface area contributed by atoms with Crippen molar-refractivity contribution in [1.29, 1.82) is 0 Å². The van der Waals surface area contributed by atoms with E-state index in [4.69, 9.17) is 11.6 Å². The van der Waals surface area contributed by atoms with Crippen LogP contribution in [0.5, 0.6) is 0 Å². The lowest BCUT2D eigenvalue weighted by Crippen LogP contribution is -2.10. The molecule has 1 fully saturated rings. The lowest BCUT2D eigenvalue weighted by atomic mass is 10.3. The van der Waals surface area contributed by atoms with Crippen LogP contribution < -0.4 is 5.32 Å². The maximum Gasteiger partial charge on any atom is 0.266 e. The van der Waals surface area contributed by atoms with E-state index in [9.17, 15) is 4.79 Å². The number of rotatable bonds is 3. The number of hydrogen-bond acceptors (Lipinski definition) is 3. The molecule has 2 heterocycles. The zero-order valence-corrected chi connectivity index (χ0v) is 10.4. The molecular formula is C11H10ClN3OS. The molecular weight excluding hydrogens is 258 g/mol. The molecule has 1 saturated carbocycles. The van der Waals surface area contributed by atoms with Crippen molar-refractivity contribution in [3.05, 3.63) is 33.1 Å². The SMILES string of the molecule is O=C(Nc1cc(C2CC2)[nH]n1)c1ccc(Cl)s1. The molecule has 17 heavy (non-hydrogen) atoms. The van der Waals surface area contributed by atoms with Crippen molar-refractivity contribution in [1.82, 2.24) is 10.2 Å². The summed E-state index contributed by atoms with van der Waals surface area (Å²) in [6.45, 7) is 0. The molecule has 0 saturated heterocycles. The van der Waals surface area contributed by atoms with Crippen LogP contribution in [0.2, 0.25) is 4.34 Å². The Morgan fingerprint density at radius 3 is 3.00 bits per heavy atom. The lowest BCUT2D eigenvalue weighted by Gasteiger charge is -1.97. The van der Waals surface area contributed by atoms with Gasteiger partial charge in [-0.05, 0) is 25.0 Å². The van der Waals surface area contributed by atoms with Crippen molar-refractivity contribution < 1.29 is 4.79 Å². The third kappa shape index (κ3) is 2.35. The van der Waals surface area contributed by atoms with E-state index in [1.807, 2.05) is 6.07 Å². The average molecular weight is 268 g/mol. The standard InChI is InChI=1S/C11H10ClN3OS/c12-9-4-3-8(17-9)11(16)13-10-5-7(14-15-10)6-1-2-6/h3-6H,1-2H2,(H2,13,14,15,16). The fourth-order valence-corrected chi connectivity index (χ4v) is 2.56. The van der Waals surface area contributed by atoms with Gasteiger partial charge in [0.2, 0.25) is 0 Å². The van der Waals surface area contributed by atoms with E-state index in [0.717, 1.165) is 5.69 Å². The Kier molecular flexibility index (Phi) is 2.64. The molecule has 1 aliphatic rings. The first-order valence-electron chi connectivity index (χ1n) is 5.34. The Balaban J connectivity index is 1.71. The summed E-state index contributed by atoms with van der Waals surface area (Å²) in [6, 6.07) is 5.31. The number of aromatic amines is 1. The van der Waals surface area contributed by atoms with E-state index in [0.29, 0.717) is 20.9 Å². The zero-order chi connectivity index (χ0) is 11.8. The third-order valence-electron chi connectivity index (χ3n) is 2.65. The number of nitrogens with one attached hydrogen (secondary N) is 2. The molecule has 1 aliphatic carbocycles. The summed E-state index contributed by atoms with van der Waals surface area (Å²) >= 11 is 7.03. The maximum atomic E-state index is 11.8. The molecule has 0 aromatic carbocycles. The van der Waals surface area contributed by atoms with Crippen molar-refractivity contribution in [2.24, 2.45) is 0 Å². The second-order valence-corrected chi connectivity index (χ2v) is 5.76. The summed E-state index contributed by atoms with van der Waals surface area (Å²) in [5.41, 5.74) is 1.10. The molecule has 0 bridgehead atoms. The van der Waals surface area contributed by atoms with Gasteiger partial charge in [-0.2, -0.15) is 5.10 Å². The fraction of sp³-hybridized carbons (Fsp3) is 0.273. The van der Waals surface area contributed by atoms with Crippen LogP contribution in [0, 0.1) is 0 Å². The molecule has 0 atom stereocenters. The van der Waals surface area contributed by atoms with Gasteiger partial charge in [-0.3, -0.25) is 9.89 Å². The molecule has 88 valence electrons. The minimum atomic E-state index is -0.171. The van der Waals surface area contributed by atoms with Crippen LogP contribution in [0.4, 0.5) is 5.82 Å². The Morgan fingerprint density at radius 1 is 1.53 bits per heavy atom. The van der Waals surface area contributed by atoms with Crippen molar-refractivity contribution in [3.63, 3.8) is 0 Å². The van der Waals surface area contributed by atoms with E-state index in [2.05, 4.69) is 15.5 Å². The number of carbonyl (C=O) groups excluding carboxylic acids is 1. The molecule has 3 rings (SSSR count). The number of halogens is 1. The Morgan fingerprint density at radius 2 is 2.35 bits per heavy atom. The first-order valence-corrected chi connectivity index (χ1v) is 6.54. The summed E-state index contributed by atoms with van der Waals surface area (Å²) in [4.78, 5) is 12.4. The lowest BCUT2D eigenvalue weighted by molar-refractivity contribution is 0.103. The Hall–Kier alpha value is -1.33. The topological polar surface area (TPSA) is 57.8 Å². The van der Waals surface area contributed by atoms with Crippen LogP contribution in [0.1, 0.15) is 34.1 Å². The fourth-order valence-electron chi connectivity index (χ4n) is 1.62. The number of H-pyrrole nitrogens is 1. The highest BCUT2D eigenvalue weighted by atomic mass is 35.5. The highest BCUT2D eigenvalue weighted by molar-refractivity contribution is 7.18. The van der Waals surface area contributed by atoms with Crippen LogP contribution in [0.25, 0.3) is 0 Å². The van der Waals surface area contributed by atoms with Gasteiger partial charge >= 0.3 is 0 Å². The number of anilines is 1. The molecule has 1 amide bonds. The van der Waals surface area contributed by atoms with Crippen LogP contribution in [0.15, 0.2) is 18.2 Å². The number of thiophene rings is 1. The minimum absolute atomic E-state index is 0.171. The number of carbonyl (C=O) groups is 1. The molecule has 4 nitrogen and oxygen atoms in total. The predicted octanol–water partition coefficient (Wildman–Crippen LogP) is 3.25. The molecule has 2 aromatic heterocycles. The van der Waals surface area contributed by atoms with E-state index in [-0.39, 0.29) is 5.91 Å². The normalized spacial score (nSPS) is 14.9. The quantitative estimate of drug-likeness (QED) is 0.897. The highest BCUT2D eigenvalue weighted by Gasteiger charge is 2.25. The zero-order valence-electron chi connectivity index (χ0n) is 8.87. The Labute approximate surface area is 107 Å². The van der Waals surface area contributed by atoms with Gasteiger partial charge in [-0.1, -0.05) is 11.6 Å². The van der Waals surface area contributed by atoms with Gasteiger partial charge in [0.1, 0.15) is 0 Å². The van der Waals surface area contributed by atoms with Gasteiger partial charge in [-0.15, -0.1) is 11.3 Å². The van der Waals surface area contributed by atoms with Crippen molar-refractivity contribution in [2.45, 2.75) is 18.8 Å². The number of hydrogen-bond donors (Lipinski definition) is 2. The van der Waals surface area contributed by atoms with Crippen molar-refractivity contribution >= 4 is 34.7 Å². The highest BCUT2D eigenvalue weighted by Crippen LogP contribution is 2.39. The van der Waals surface area contributed by atoms with Gasteiger partial charge in [0.15, 0.2) is 5.82 Å². The molecule has 0 aliphatic heterocycles. The second kappa shape index (κ2) is 4.16. The number of aromatic nitrogens is 2. The summed E-state index contributed by atoms with van der Waals surface area (Å²) in [6.07, 6.45) is 2.41. The molecule has 6 heteroatoms. The third-order valence-corrected chi connectivity index (χ3v) is 3.88. The number of nitrogens with zero attached hydrogens (tertiary/aromatic N) is 1. The number of amides is 1. The molecule has 2 aromatic rings. The van der Waals surface area contributed by atoms with Gasteiger partial charge in [-0.25, -0.2) is 0 Å². The summed E-state index contributed by atoms with van der Waals surface area (Å²) < 4.78 is 0.607. The summed E-state index contributed by atoms with van der Waals surface area (Å²) in [5.74, 6) is 1.00. The van der Waals surface area contributed by atoms with E-state index in [1.165, 1.54) is 24.2 Å². The van der Waals surface area contributed by atoms with Gasteiger partial charge in [0.25, 0.3) is 5.91 Å². The van der Waals surface area contributed by atoms with Gasteiger partial charge in [0.05, 0.1) is 9.21 Å². The van der Waals surface area contributed by atoms with Crippen LogP contribution in [-0.4, -0.2) is 16.1 Å². The predicted molar refractivity (Wildman–Crippen MR) is 67.8 cm³/mol. The van der Waals surface area contributed by atoms with E-state index < -0.39 is 0 Å². The first-order chi connectivity index (χ1) is 8.22. The van der Waals surface area contributed by atoms with Gasteiger partial charge < -0.3 is 5.32 Å². The second-order valence-electron chi connectivity index (χ2n) is 4.04. The van der Waals surface area contributed by atoms with Crippen LogP contribution >= 0.6 is 22.9 Å². The first kappa shape index (κ1) is 10.8. The van der Waals surface area contributed by atoms with Crippen LogP contribution in [-0.2, 0) is 0 Å². The minimum Gasteiger partial charge on any atom is -0.304 e. The van der Waals surface area contributed by atoms with Crippen molar-refractivity contribution in [2.75, 3.05) is 5.32 Å². The monoisotopic (exact) mass is 267 g/mol. The molecule has 0 radical (unpaired) electrons. The molecule has 0 spiro atoms. The Bertz CT molecular complexity index is 559. The van der Waals surface area contributed by atoms with Crippen LogP contribution in [0.3, 0.4) is 0 Å². The van der Waals surface area contributed by atoms with Gasteiger partial charge in [0, 0.05) is 17.7 Å². The van der Waals surface area contributed by atoms with E-state index in [1.54, 1.807) is 12.1 Å². The smallest absolute Gasteiger partial charge is 0.266 e. The molecule has 0 unspecified atom stereocenters. The average Bonchev–Trinajstić information content (AvgIpc) is 2.90. The van der Waals surface area contributed by atoms with Crippen molar-refractivity contribution in [3.8, 4) is 0 Å².